The van der Waals surface area contributed by atoms with E-state index in [1.165, 1.54) is 11.8 Å². The highest BCUT2D eigenvalue weighted by Gasteiger charge is 2.18. The molecule has 7 heteroatoms. The Labute approximate surface area is 185 Å². The van der Waals surface area contributed by atoms with E-state index >= 15 is 0 Å². The molecule has 1 N–H and O–H groups in total. The van der Waals surface area contributed by atoms with Gasteiger partial charge in [-0.15, -0.1) is 10.2 Å². The molecule has 0 saturated heterocycles. The third-order valence-electron chi connectivity index (χ3n) is 4.91. The number of carbonyl (C=O) groups excluding carboxylic acids is 1. The van der Waals surface area contributed by atoms with Crippen molar-refractivity contribution in [2.45, 2.75) is 25.4 Å². The SMILES string of the molecule is CCc1ccccc1NC(=O)CSc1nnc(-c2cccnc2)n1-c1ccccc1C. The number of nitrogens with one attached hydrogen (secondary N) is 1. The monoisotopic (exact) mass is 429 g/mol. The van der Waals surface area contributed by atoms with E-state index in [4.69, 9.17) is 0 Å². The first-order valence-corrected chi connectivity index (χ1v) is 11.1. The van der Waals surface area contributed by atoms with Crippen molar-refractivity contribution in [3.05, 3.63) is 84.2 Å². The Morgan fingerprint density at radius 2 is 1.84 bits per heavy atom. The first kappa shape index (κ1) is 20.8. The van der Waals surface area contributed by atoms with E-state index in [1.54, 1.807) is 12.4 Å². The molecule has 0 atom stereocenters. The third kappa shape index (κ3) is 4.67. The minimum absolute atomic E-state index is 0.0758. The Balaban J connectivity index is 1.61. The standard InChI is InChI=1S/C24H23N5OS/c1-3-18-10-5-6-12-20(18)26-22(30)16-31-24-28-27-23(19-11-8-14-25-15-19)29(24)21-13-7-4-9-17(21)2/h4-15H,3,16H2,1-2H3,(H,26,30). The molecule has 6 nitrogen and oxygen atoms in total. The maximum absolute atomic E-state index is 12.6. The zero-order chi connectivity index (χ0) is 21.6. The summed E-state index contributed by atoms with van der Waals surface area (Å²) in [5, 5.41) is 12.5. The second-order valence-electron chi connectivity index (χ2n) is 7.02. The topological polar surface area (TPSA) is 72.7 Å². The summed E-state index contributed by atoms with van der Waals surface area (Å²) in [5.41, 5.74) is 4.91. The Hall–Kier alpha value is -3.45. The lowest BCUT2D eigenvalue weighted by atomic mass is 10.1. The zero-order valence-corrected chi connectivity index (χ0v) is 18.3. The summed E-state index contributed by atoms with van der Waals surface area (Å²) >= 11 is 1.36. The number of para-hydroxylation sites is 2. The average Bonchev–Trinajstić information content (AvgIpc) is 3.22. The fraction of sp³-hybridized carbons (Fsp3) is 0.167. The maximum atomic E-state index is 12.6. The molecule has 4 aromatic rings. The van der Waals surface area contributed by atoms with Gasteiger partial charge in [0, 0.05) is 23.6 Å². The van der Waals surface area contributed by atoms with Gasteiger partial charge in [-0.3, -0.25) is 14.3 Å². The number of hydrogen-bond donors (Lipinski definition) is 1. The van der Waals surface area contributed by atoms with Gasteiger partial charge >= 0.3 is 0 Å². The Morgan fingerprint density at radius 3 is 2.61 bits per heavy atom. The van der Waals surface area contributed by atoms with Crippen LogP contribution >= 0.6 is 11.8 Å². The molecule has 0 spiro atoms. The van der Waals surface area contributed by atoms with Crippen LogP contribution in [0.5, 0.6) is 0 Å². The second-order valence-corrected chi connectivity index (χ2v) is 7.96. The number of hydrogen-bond acceptors (Lipinski definition) is 5. The van der Waals surface area contributed by atoms with Gasteiger partial charge in [-0.25, -0.2) is 0 Å². The van der Waals surface area contributed by atoms with Crippen molar-refractivity contribution < 1.29 is 4.79 Å². The first-order chi connectivity index (χ1) is 15.2. The predicted molar refractivity (Wildman–Crippen MR) is 125 cm³/mol. The number of nitrogens with zero attached hydrogens (tertiary/aromatic N) is 4. The minimum atomic E-state index is -0.0758. The van der Waals surface area contributed by atoms with Gasteiger partial charge < -0.3 is 5.32 Å². The Kier molecular flexibility index (Phi) is 6.43. The minimum Gasteiger partial charge on any atom is -0.325 e. The highest BCUT2D eigenvalue weighted by Crippen LogP contribution is 2.29. The molecule has 1 amide bonds. The fourth-order valence-electron chi connectivity index (χ4n) is 3.34. The molecule has 0 aliphatic carbocycles. The summed E-state index contributed by atoms with van der Waals surface area (Å²) in [5.74, 6) is 0.851. The summed E-state index contributed by atoms with van der Waals surface area (Å²) < 4.78 is 1.99. The predicted octanol–water partition coefficient (Wildman–Crippen LogP) is 4.93. The van der Waals surface area contributed by atoms with Crippen LogP contribution in [-0.4, -0.2) is 31.4 Å². The number of anilines is 1. The summed E-state index contributed by atoms with van der Waals surface area (Å²) in [7, 11) is 0. The average molecular weight is 430 g/mol. The van der Waals surface area contributed by atoms with Gasteiger partial charge in [0.05, 0.1) is 11.4 Å². The molecule has 4 rings (SSSR count). The highest BCUT2D eigenvalue weighted by atomic mass is 32.2. The molecule has 0 aliphatic heterocycles. The van der Waals surface area contributed by atoms with Gasteiger partial charge in [0.15, 0.2) is 11.0 Å². The van der Waals surface area contributed by atoms with Gasteiger partial charge in [-0.2, -0.15) is 0 Å². The zero-order valence-electron chi connectivity index (χ0n) is 17.4. The van der Waals surface area contributed by atoms with Crippen LogP contribution < -0.4 is 5.32 Å². The molecule has 0 aliphatic rings. The molecule has 0 saturated carbocycles. The Morgan fingerprint density at radius 1 is 1.03 bits per heavy atom. The largest absolute Gasteiger partial charge is 0.325 e. The lowest BCUT2D eigenvalue weighted by molar-refractivity contribution is -0.113. The lowest BCUT2D eigenvalue weighted by Crippen LogP contribution is -2.15. The molecular weight excluding hydrogens is 406 g/mol. The van der Waals surface area contributed by atoms with Crippen molar-refractivity contribution in [1.82, 2.24) is 19.7 Å². The molecule has 0 unspecified atom stereocenters. The molecule has 2 aromatic carbocycles. The van der Waals surface area contributed by atoms with Gasteiger partial charge in [0.1, 0.15) is 0 Å². The van der Waals surface area contributed by atoms with Crippen molar-refractivity contribution in [1.29, 1.82) is 0 Å². The Bertz CT molecular complexity index is 1190. The molecule has 0 fully saturated rings. The van der Waals surface area contributed by atoms with Gasteiger partial charge in [-0.05, 0) is 48.7 Å². The molecular formula is C24H23N5OS. The number of carbonyl (C=O) groups is 1. The van der Waals surface area contributed by atoms with Crippen molar-refractivity contribution in [2.24, 2.45) is 0 Å². The summed E-state index contributed by atoms with van der Waals surface area (Å²) in [6.45, 7) is 4.12. The molecule has 156 valence electrons. The van der Waals surface area contributed by atoms with Gasteiger partial charge in [-0.1, -0.05) is 55.1 Å². The third-order valence-corrected chi connectivity index (χ3v) is 5.84. The van der Waals surface area contributed by atoms with E-state index in [-0.39, 0.29) is 11.7 Å². The molecule has 2 aromatic heterocycles. The van der Waals surface area contributed by atoms with E-state index in [2.05, 4.69) is 27.4 Å². The summed E-state index contributed by atoms with van der Waals surface area (Å²) in [4.78, 5) is 16.9. The van der Waals surface area contributed by atoms with Crippen LogP contribution in [-0.2, 0) is 11.2 Å². The number of benzene rings is 2. The van der Waals surface area contributed by atoms with Crippen LogP contribution in [0.15, 0.2) is 78.2 Å². The van der Waals surface area contributed by atoms with E-state index in [0.717, 1.165) is 34.5 Å². The molecule has 0 radical (unpaired) electrons. The molecule has 2 heterocycles. The number of thioether (sulfide) groups is 1. The van der Waals surface area contributed by atoms with E-state index in [1.807, 2.05) is 72.2 Å². The highest BCUT2D eigenvalue weighted by molar-refractivity contribution is 7.99. The summed E-state index contributed by atoms with van der Waals surface area (Å²) in [6.07, 6.45) is 4.35. The first-order valence-electron chi connectivity index (χ1n) is 10.1. The van der Waals surface area contributed by atoms with Crippen molar-refractivity contribution >= 4 is 23.4 Å². The fourth-order valence-corrected chi connectivity index (χ4v) is 4.09. The van der Waals surface area contributed by atoms with Crippen LogP contribution in [0.4, 0.5) is 5.69 Å². The van der Waals surface area contributed by atoms with Crippen molar-refractivity contribution in [2.75, 3.05) is 11.1 Å². The number of aromatic nitrogens is 4. The summed E-state index contributed by atoms with van der Waals surface area (Å²) in [6, 6.07) is 19.7. The second kappa shape index (κ2) is 9.57. The number of rotatable bonds is 7. The van der Waals surface area contributed by atoms with E-state index < -0.39 is 0 Å². The van der Waals surface area contributed by atoms with Gasteiger partial charge in [0.2, 0.25) is 5.91 Å². The molecule has 31 heavy (non-hydrogen) atoms. The number of aryl methyl sites for hydroxylation is 2. The number of amides is 1. The number of pyridine rings is 1. The van der Waals surface area contributed by atoms with E-state index in [9.17, 15) is 4.79 Å². The van der Waals surface area contributed by atoms with Gasteiger partial charge in [0.25, 0.3) is 0 Å². The maximum Gasteiger partial charge on any atom is 0.234 e. The van der Waals surface area contributed by atoms with Crippen LogP contribution in [0.25, 0.3) is 17.1 Å². The van der Waals surface area contributed by atoms with Crippen molar-refractivity contribution in [3.8, 4) is 17.1 Å². The van der Waals surface area contributed by atoms with E-state index in [0.29, 0.717) is 11.0 Å². The van der Waals surface area contributed by atoms with Crippen LogP contribution in [0.1, 0.15) is 18.1 Å². The normalized spacial score (nSPS) is 10.8. The van der Waals surface area contributed by atoms with Crippen LogP contribution in [0.2, 0.25) is 0 Å². The lowest BCUT2D eigenvalue weighted by Gasteiger charge is -2.13. The van der Waals surface area contributed by atoms with Crippen molar-refractivity contribution in [3.63, 3.8) is 0 Å². The van der Waals surface area contributed by atoms with Crippen LogP contribution in [0.3, 0.4) is 0 Å². The van der Waals surface area contributed by atoms with Crippen LogP contribution in [0, 0.1) is 6.92 Å². The quantitative estimate of drug-likeness (QED) is 0.422. The molecule has 0 bridgehead atoms. The smallest absolute Gasteiger partial charge is 0.234 e.